The van der Waals surface area contributed by atoms with Crippen LogP contribution in [0.25, 0.3) is 0 Å². The van der Waals surface area contributed by atoms with E-state index >= 15 is 0 Å². The summed E-state index contributed by atoms with van der Waals surface area (Å²) in [7, 11) is 4.75. The lowest BCUT2D eigenvalue weighted by Gasteiger charge is -2.30. The molecule has 0 unspecified atom stereocenters. The Morgan fingerprint density at radius 2 is 1.56 bits per heavy atom. The normalized spacial score (nSPS) is 14.4. The van der Waals surface area contributed by atoms with Crippen molar-refractivity contribution in [1.82, 2.24) is 9.80 Å². The van der Waals surface area contributed by atoms with Crippen LogP contribution in [-0.4, -0.2) is 81.8 Å². The van der Waals surface area contributed by atoms with E-state index in [1.54, 1.807) is 21.3 Å². The molecule has 0 N–H and O–H groups in total. The van der Waals surface area contributed by atoms with Crippen LogP contribution in [-0.2, 0) is 22.6 Å². The number of nitrogens with zero attached hydrogens (tertiary/aromatic N) is 3. The third-order valence-electron chi connectivity index (χ3n) is 8.32. The number of carbonyl (C=O) groups excluding carboxylic acids is 2. The van der Waals surface area contributed by atoms with Gasteiger partial charge in [-0.1, -0.05) is 42.5 Å². The summed E-state index contributed by atoms with van der Waals surface area (Å²) >= 11 is 0. The molecule has 1 heterocycles. The molecule has 2 amide bonds. The zero-order chi connectivity index (χ0) is 32.3. The lowest BCUT2D eigenvalue weighted by Crippen LogP contribution is -2.41. The number of amides is 2. The molecule has 3 aromatic carbocycles. The quantitative estimate of drug-likeness (QED) is 0.297. The second-order valence-corrected chi connectivity index (χ2v) is 11.5. The van der Waals surface area contributed by atoms with Crippen molar-refractivity contribution < 1.29 is 28.5 Å². The van der Waals surface area contributed by atoms with E-state index in [0.29, 0.717) is 61.5 Å². The van der Waals surface area contributed by atoms with Crippen LogP contribution in [0.4, 0.5) is 5.69 Å². The Bertz CT molecular complexity index is 1430. The van der Waals surface area contributed by atoms with Crippen molar-refractivity contribution in [2.24, 2.45) is 0 Å². The van der Waals surface area contributed by atoms with Crippen molar-refractivity contribution in [1.29, 1.82) is 0 Å². The second kappa shape index (κ2) is 16.2. The molecular formula is C36H47N3O6. The van der Waals surface area contributed by atoms with Gasteiger partial charge in [-0.05, 0) is 68.5 Å². The fourth-order valence-corrected chi connectivity index (χ4v) is 5.90. The Labute approximate surface area is 267 Å². The Balaban J connectivity index is 1.61. The maximum absolute atomic E-state index is 14.0. The Hall–Kier alpha value is -4.24. The average Bonchev–Trinajstić information content (AvgIpc) is 3.09. The number of methoxy groups -OCH3 is 3. The number of benzene rings is 3. The van der Waals surface area contributed by atoms with Gasteiger partial charge < -0.3 is 28.7 Å². The first-order chi connectivity index (χ1) is 21.8. The lowest BCUT2D eigenvalue weighted by atomic mass is 10.0. The monoisotopic (exact) mass is 617 g/mol. The predicted molar refractivity (Wildman–Crippen MR) is 177 cm³/mol. The van der Waals surface area contributed by atoms with Gasteiger partial charge >= 0.3 is 0 Å². The highest BCUT2D eigenvalue weighted by atomic mass is 16.5. The first-order valence-corrected chi connectivity index (χ1v) is 15.6. The molecule has 1 aliphatic rings. The van der Waals surface area contributed by atoms with Crippen molar-refractivity contribution in [2.45, 2.75) is 52.6 Å². The van der Waals surface area contributed by atoms with Gasteiger partial charge in [0, 0.05) is 45.2 Å². The van der Waals surface area contributed by atoms with Crippen LogP contribution in [0.5, 0.6) is 23.0 Å². The van der Waals surface area contributed by atoms with Crippen LogP contribution in [0.3, 0.4) is 0 Å². The predicted octanol–water partition coefficient (Wildman–Crippen LogP) is 5.51. The first-order valence-electron chi connectivity index (χ1n) is 15.6. The molecule has 1 aliphatic heterocycles. The number of hydrogen-bond acceptors (Lipinski definition) is 7. The summed E-state index contributed by atoms with van der Waals surface area (Å²) in [5.74, 6) is 2.24. The van der Waals surface area contributed by atoms with Gasteiger partial charge in [0.05, 0.1) is 27.0 Å². The van der Waals surface area contributed by atoms with Crippen molar-refractivity contribution in [3.05, 3.63) is 77.4 Å². The number of para-hydroxylation sites is 2. The third-order valence-corrected chi connectivity index (χ3v) is 8.32. The van der Waals surface area contributed by atoms with E-state index in [2.05, 4.69) is 18.7 Å². The van der Waals surface area contributed by atoms with Gasteiger partial charge in [-0.15, -0.1) is 0 Å². The van der Waals surface area contributed by atoms with E-state index in [0.717, 1.165) is 41.9 Å². The van der Waals surface area contributed by atoms with Gasteiger partial charge in [-0.3, -0.25) is 14.5 Å². The van der Waals surface area contributed by atoms with E-state index < -0.39 is 0 Å². The Morgan fingerprint density at radius 3 is 2.24 bits per heavy atom. The fourth-order valence-electron chi connectivity index (χ4n) is 5.90. The summed E-state index contributed by atoms with van der Waals surface area (Å²) in [6.07, 6.45) is 1.58. The summed E-state index contributed by atoms with van der Waals surface area (Å²) in [5.41, 5.74) is 3.66. The zero-order valence-corrected chi connectivity index (χ0v) is 27.5. The topological polar surface area (TPSA) is 80.8 Å². The summed E-state index contributed by atoms with van der Waals surface area (Å²) in [4.78, 5) is 33.9. The van der Waals surface area contributed by atoms with Crippen LogP contribution in [0.15, 0.2) is 60.7 Å². The highest BCUT2D eigenvalue weighted by molar-refractivity contribution is 5.96. The van der Waals surface area contributed by atoms with Crippen molar-refractivity contribution in [2.75, 3.05) is 59.0 Å². The summed E-state index contributed by atoms with van der Waals surface area (Å²) < 4.78 is 22.5. The largest absolute Gasteiger partial charge is 0.493 e. The average molecular weight is 618 g/mol. The van der Waals surface area contributed by atoms with E-state index in [1.165, 1.54) is 0 Å². The van der Waals surface area contributed by atoms with Crippen LogP contribution in [0, 0.1) is 6.92 Å². The molecular weight excluding hydrogens is 570 g/mol. The van der Waals surface area contributed by atoms with E-state index in [9.17, 15) is 9.59 Å². The Kier molecular flexibility index (Phi) is 12.1. The molecule has 4 rings (SSSR count). The zero-order valence-electron chi connectivity index (χ0n) is 27.5. The summed E-state index contributed by atoms with van der Waals surface area (Å²) in [6, 6.07) is 19.5. The molecule has 0 aliphatic carbocycles. The molecule has 0 atom stereocenters. The standard InChI is InChI=1S/C36H47N3O6/c1-26(2)37-20-11-21-39(33(41)25-45-30-14-8-7-9-15-30)34-27(3)12-10-13-29(34)24-38(23-22-37)32(40)19-17-28-16-18-31(42-4)36(44-6)35(28)43-5/h7-10,12-16,18,26H,11,17,19-25H2,1-6H3. The molecule has 0 radical (unpaired) electrons. The van der Waals surface area contributed by atoms with E-state index in [4.69, 9.17) is 18.9 Å². The van der Waals surface area contributed by atoms with Crippen molar-refractivity contribution >= 4 is 17.5 Å². The number of hydrogen-bond donors (Lipinski definition) is 0. The smallest absolute Gasteiger partial charge is 0.264 e. The number of aryl methyl sites for hydroxylation is 2. The van der Waals surface area contributed by atoms with Crippen molar-refractivity contribution in [3.8, 4) is 23.0 Å². The summed E-state index contributed by atoms with van der Waals surface area (Å²) in [5, 5.41) is 0. The first kappa shape index (κ1) is 33.6. The van der Waals surface area contributed by atoms with Gasteiger partial charge in [0.2, 0.25) is 11.7 Å². The highest BCUT2D eigenvalue weighted by Crippen LogP contribution is 2.40. The minimum atomic E-state index is -0.108. The number of ether oxygens (including phenoxy) is 4. The van der Waals surface area contributed by atoms with E-state index in [-0.39, 0.29) is 18.4 Å². The Morgan fingerprint density at radius 1 is 0.800 bits per heavy atom. The summed E-state index contributed by atoms with van der Waals surface area (Å²) in [6.45, 7) is 9.39. The maximum Gasteiger partial charge on any atom is 0.264 e. The third kappa shape index (κ3) is 8.48. The molecule has 242 valence electrons. The van der Waals surface area contributed by atoms with Gasteiger partial charge in [0.25, 0.3) is 5.91 Å². The van der Waals surface area contributed by atoms with Gasteiger partial charge in [0.1, 0.15) is 5.75 Å². The van der Waals surface area contributed by atoms with Gasteiger partial charge in [0.15, 0.2) is 18.1 Å². The molecule has 9 nitrogen and oxygen atoms in total. The number of fused-ring (bicyclic) bond motifs is 1. The molecule has 9 heteroatoms. The minimum absolute atomic E-state index is 0.0348. The molecule has 45 heavy (non-hydrogen) atoms. The SMILES string of the molecule is COc1ccc(CCC(=O)N2CCN(C(C)C)CCCN(C(=O)COc3ccccc3)c3c(C)cccc3C2)c(OC)c1OC. The highest BCUT2D eigenvalue weighted by Gasteiger charge is 2.26. The molecule has 0 spiro atoms. The second-order valence-electron chi connectivity index (χ2n) is 11.5. The molecule has 0 saturated carbocycles. The van der Waals surface area contributed by atoms with Crippen LogP contribution in [0.2, 0.25) is 0 Å². The maximum atomic E-state index is 14.0. The van der Waals surface area contributed by atoms with Gasteiger partial charge in [-0.25, -0.2) is 0 Å². The lowest BCUT2D eigenvalue weighted by molar-refractivity contribution is -0.132. The molecule has 3 aromatic rings. The number of anilines is 1. The van der Waals surface area contributed by atoms with E-state index in [1.807, 2.05) is 77.4 Å². The molecule has 0 fully saturated rings. The van der Waals surface area contributed by atoms with Crippen LogP contribution in [0.1, 0.15) is 43.4 Å². The molecule has 0 aromatic heterocycles. The molecule has 0 bridgehead atoms. The van der Waals surface area contributed by atoms with Crippen LogP contribution >= 0.6 is 0 Å². The minimum Gasteiger partial charge on any atom is -0.493 e. The van der Waals surface area contributed by atoms with Crippen molar-refractivity contribution in [3.63, 3.8) is 0 Å². The number of rotatable bonds is 10. The fraction of sp³-hybridized carbons (Fsp3) is 0.444. The number of carbonyl (C=O) groups is 2. The van der Waals surface area contributed by atoms with Crippen LogP contribution < -0.4 is 23.8 Å². The van der Waals surface area contributed by atoms with Gasteiger partial charge in [-0.2, -0.15) is 0 Å². The molecule has 0 saturated heterocycles.